The first-order valence-corrected chi connectivity index (χ1v) is 12.3. The van der Waals surface area contributed by atoms with Gasteiger partial charge in [0.05, 0.1) is 27.2 Å². The Morgan fingerprint density at radius 3 is 2.52 bits per heavy atom. The van der Waals surface area contributed by atoms with Crippen LogP contribution in [0.5, 0.6) is 0 Å². The van der Waals surface area contributed by atoms with E-state index in [0.29, 0.717) is 30.2 Å². The first-order chi connectivity index (χ1) is 15.2. The highest BCUT2D eigenvalue weighted by Crippen LogP contribution is 2.67. The highest BCUT2D eigenvalue weighted by Gasteiger charge is 2.68. The summed E-state index contributed by atoms with van der Waals surface area (Å²) in [5, 5.41) is 23.1. The van der Waals surface area contributed by atoms with Gasteiger partial charge in [-0.3, -0.25) is 9.59 Å². The van der Waals surface area contributed by atoms with Gasteiger partial charge in [-0.2, -0.15) is 0 Å². The molecule has 0 aromatic heterocycles. The van der Waals surface area contributed by atoms with E-state index in [1.807, 2.05) is 28.1 Å². The van der Waals surface area contributed by atoms with Gasteiger partial charge in [-0.25, -0.2) is 4.79 Å². The number of aliphatic hydroxyl groups is 2. The summed E-state index contributed by atoms with van der Waals surface area (Å²) in [7, 11) is 5.60. The van der Waals surface area contributed by atoms with Crippen molar-refractivity contribution in [3.63, 3.8) is 0 Å². The van der Waals surface area contributed by atoms with Crippen molar-refractivity contribution in [3.8, 4) is 0 Å². The molecule has 0 aliphatic heterocycles. The summed E-state index contributed by atoms with van der Waals surface area (Å²) in [5.41, 5.74) is -1.42. The number of fused-ring (bicyclic) bond motifs is 5. The average molecular weight is 463 g/mol. The zero-order chi connectivity index (χ0) is 24.4. The molecule has 7 atom stereocenters. The van der Waals surface area contributed by atoms with Crippen LogP contribution in [0.2, 0.25) is 0 Å². The number of allylic oxidation sites excluding steroid dienone is 1. The molecule has 0 spiro atoms. The normalized spacial score (nSPS) is 42.6. The van der Waals surface area contributed by atoms with Gasteiger partial charge in [-0.15, -0.1) is 0 Å². The Bertz CT molecular complexity index is 890. The SMILES string of the molecule is C[C@]12CCC(=O)C=C1CC[C@H]1[C@H]2[C@H](O)C[C@@]2(C)[C@@H]1CC[C@@]2(O)C(=O)COC(=O)C[N+](C)(C)C. The fourth-order valence-electron chi connectivity index (χ4n) is 7.85. The van der Waals surface area contributed by atoms with Crippen LogP contribution in [0.1, 0.15) is 58.8 Å². The number of esters is 1. The Kier molecular flexibility index (Phi) is 5.95. The Morgan fingerprint density at radius 2 is 1.85 bits per heavy atom. The van der Waals surface area contributed by atoms with Gasteiger partial charge in [-0.05, 0) is 67.8 Å². The molecular weight excluding hydrogens is 422 g/mol. The van der Waals surface area contributed by atoms with E-state index in [9.17, 15) is 24.6 Å². The van der Waals surface area contributed by atoms with Crippen molar-refractivity contribution in [2.24, 2.45) is 28.6 Å². The number of ketones is 2. The number of carbonyl (C=O) groups excluding carboxylic acids is 3. The Balaban J connectivity index is 1.55. The predicted octanol–water partition coefficient (Wildman–Crippen LogP) is 2.04. The van der Waals surface area contributed by atoms with Gasteiger partial charge in [-0.1, -0.05) is 19.4 Å². The first-order valence-electron chi connectivity index (χ1n) is 12.3. The lowest BCUT2D eigenvalue weighted by Crippen LogP contribution is -2.62. The van der Waals surface area contributed by atoms with E-state index in [1.165, 1.54) is 0 Å². The smallest absolute Gasteiger partial charge is 0.362 e. The topological polar surface area (TPSA) is 101 Å². The lowest BCUT2D eigenvalue weighted by molar-refractivity contribution is -0.862. The van der Waals surface area contributed by atoms with Crippen molar-refractivity contribution in [2.45, 2.75) is 70.5 Å². The van der Waals surface area contributed by atoms with Gasteiger partial charge in [0.25, 0.3) is 0 Å². The molecule has 0 unspecified atom stereocenters. The minimum absolute atomic E-state index is 0.0310. The van der Waals surface area contributed by atoms with E-state index in [-0.39, 0.29) is 35.5 Å². The third-order valence-electron chi connectivity index (χ3n) is 9.48. The van der Waals surface area contributed by atoms with Gasteiger partial charge in [0.1, 0.15) is 5.60 Å². The summed E-state index contributed by atoms with van der Waals surface area (Å²) in [4.78, 5) is 37.4. The number of Topliss-reactive ketones (excluding diaryl/α,β-unsaturated/α-hetero) is 1. The molecule has 3 saturated carbocycles. The van der Waals surface area contributed by atoms with E-state index < -0.39 is 35.5 Å². The third kappa shape index (κ3) is 3.90. The monoisotopic (exact) mass is 462 g/mol. The number of ether oxygens (including phenoxy) is 1. The van der Waals surface area contributed by atoms with Crippen molar-refractivity contribution in [1.82, 2.24) is 0 Å². The molecule has 7 heteroatoms. The maximum Gasteiger partial charge on any atom is 0.362 e. The van der Waals surface area contributed by atoms with Crippen molar-refractivity contribution in [3.05, 3.63) is 11.6 Å². The minimum atomic E-state index is -1.61. The molecule has 3 fully saturated rings. The summed E-state index contributed by atoms with van der Waals surface area (Å²) in [5.74, 6) is -0.414. The molecule has 7 nitrogen and oxygen atoms in total. The van der Waals surface area contributed by atoms with Gasteiger partial charge < -0.3 is 19.4 Å². The van der Waals surface area contributed by atoms with Crippen molar-refractivity contribution >= 4 is 17.5 Å². The largest absolute Gasteiger partial charge is 0.453 e. The van der Waals surface area contributed by atoms with Crippen LogP contribution in [-0.2, 0) is 19.1 Å². The molecular formula is C26H40NO6+. The van der Waals surface area contributed by atoms with Gasteiger partial charge in [0.15, 0.2) is 18.9 Å². The van der Waals surface area contributed by atoms with Crippen LogP contribution >= 0.6 is 0 Å². The number of aliphatic hydroxyl groups excluding tert-OH is 1. The van der Waals surface area contributed by atoms with E-state index in [2.05, 4.69) is 6.92 Å². The summed E-state index contributed by atoms with van der Waals surface area (Å²) in [6, 6.07) is 0. The van der Waals surface area contributed by atoms with Crippen LogP contribution in [-0.4, -0.2) is 78.2 Å². The van der Waals surface area contributed by atoms with Crippen LogP contribution in [0.25, 0.3) is 0 Å². The first kappa shape index (κ1) is 24.6. The van der Waals surface area contributed by atoms with Crippen molar-refractivity contribution in [1.29, 1.82) is 0 Å². The van der Waals surface area contributed by atoms with Crippen molar-refractivity contribution in [2.75, 3.05) is 34.3 Å². The summed E-state index contributed by atoms with van der Waals surface area (Å²) in [6.45, 7) is 3.83. The maximum atomic E-state index is 13.2. The van der Waals surface area contributed by atoms with Crippen molar-refractivity contribution < 1.29 is 33.8 Å². The van der Waals surface area contributed by atoms with E-state index >= 15 is 0 Å². The number of hydrogen-bond acceptors (Lipinski definition) is 6. The number of hydrogen-bond donors (Lipinski definition) is 2. The van der Waals surface area contributed by atoms with Crippen LogP contribution in [0.4, 0.5) is 0 Å². The molecule has 4 aliphatic carbocycles. The fraction of sp³-hybridized carbons (Fsp3) is 0.808. The second kappa shape index (κ2) is 7.99. The predicted molar refractivity (Wildman–Crippen MR) is 122 cm³/mol. The zero-order valence-electron chi connectivity index (χ0n) is 20.7. The molecule has 0 aromatic rings. The number of likely N-dealkylation sites (N-methyl/N-ethyl adjacent to an activating group) is 1. The van der Waals surface area contributed by atoms with E-state index in [1.54, 1.807) is 6.08 Å². The standard InChI is InChI=1S/C26H40NO6/c1-24-10-8-17(28)12-16(24)6-7-18-19-9-11-26(32,25(19,2)13-20(29)23(18)24)21(30)15-33-22(31)14-27(3,4)5/h12,18-20,23,29,32H,6-11,13-15H2,1-5H3/q+1/t18-,19-,20-,23+,24+,25+,26-/m1/s1. The maximum absolute atomic E-state index is 13.2. The molecule has 0 bridgehead atoms. The molecule has 0 aromatic carbocycles. The van der Waals surface area contributed by atoms with Gasteiger partial charge in [0, 0.05) is 11.8 Å². The van der Waals surface area contributed by atoms with Crippen LogP contribution in [0.3, 0.4) is 0 Å². The van der Waals surface area contributed by atoms with Crippen LogP contribution in [0, 0.1) is 28.6 Å². The Labute approximate surface area is 196 Å². The second-order valence-electron chi connectivity index (χ2n) is 12.5. The number of nitrogens with zero attached hydrogens (tertiary/aromatic N) is 1. The molecule has 2 N–H and O–H groups in total. The third-order valence-corrected chi connectivity index (χ3v) is 9.48. The summed E-state index contributed by atoms with van der Waals surface area (Å²) < 4.78 is 5.64. The average Bonchev–Trinajstić information content (AvgIpc) is 2.96. The molecule has 0 amide bonds. The summed E-state index contributed by atoms with van der Waals surface area (Å²) in [6.07, 6.45) is 5.49. The summed E-state index contributed by atoms with van der Waals surface area (Å²) >= 11 is 0. The van der Waals surface area contributed by atoms with Gasteiger partial charge >= 0.3 is 5.97 Å². The molecule has 184 valence electrons. The van der Waals surface area contributed by atoms with Crippen LogP contribution in [0.15, 0.2) is 11.6 Å². The zero-order valence-corrected chi connectivity index (χ0v) is 20.7. The Morgan fingerprint density at radius 1 is 1.15 bits per heavy atom. The van der Waals surface area contributed by atoms with E-state index in [4.69, 9.17) is 4.74 Å². The molecule has 0 heterocycles. The fourth-order valence-corrected chi connectivity index (χ4v) is 7.85. The van der Waals surface area contributed by atoms with E-state index in [0.717, 1.165) is 24.8 Å². The molecule has 33 heavy (non-hydrogen) atoms. The molecule has 0 radical (unpaired) electrons. The second-order valence-corrected chi connectivity index (χ2v) is 12.5. The Hall–Kier alpha value is -1.57. The highest BCUT2D eigenvalue weighted by molar-refractivity contribution is 5.92. The highest BCUT2D eigenvalue weighted by atomic mass is 16.5. The lowest BCUT2D eigenvalue weighted by Gasteiger charge is -2.60. The van der Waals surface area contributed by atoms with Gasteiger partial charge in [0.2, 0.25) is 5.78 Å². The quantitative estimate of drug-likeness (QED) is 0.479. The molecule has 4 rings (SSSR count). The molecule has 0 saturated heterocycles. The minimum Gasteiger partial charge on any atom is -0.453 e. The number of carbonyl (C=O) groups is 3. The van der Waals surface area contributed by atoms with Crippen LogP contribution < -0.4 is 0 Å². The lowest BCUT2D eigenvalue weighted by atomic mass is 9.45. The number of quaternary nitrogens is 1. The molecule has 4 aliphatic rings. The number of rotatable bonds is 5.